The quantitative estimate of drug-likeness (QED) is 0.349. The van der Waals surface area contributed by atoms with E-state index in [9.17, 15) is 13.2 Å². The standard InChI is InChI=1S/C26H26N4O4S/c1-19-8-14-23(15-9-19)35(32,33)28-17-16-27-26(31)24-18-30(21-6-4-3-5-7-21)29-25(24)20-10-12-22(34-2)13-11-20/h3-15,18,28H,16-17H2,1-2H3,(H,27,31). The lowest BCUT2D eigenvalue weighted by Gasteiger charge is -2.09. The van der Waals surface area contributed by atoms with E-state index in [4.69, 9.17) is 4.74 Å². The van der Waals surface area contributed by atoms with Gasteiger partial charge in [-0.15, -0.1) is 0 Å². The minimum Gasteiger partial charge on any atom is -0.497 e. The van der Waals surface area contributed by atoms with Crippen LogP contribution < -0.4 is 14.8 Å². The van der Waals surface area contributed by atoms with Crippen molar-refractivity contribution >= 4 is 15.9 Å². The van der Waals surface area contributed by atoms with E-state index >= 15 is 0 Å². The zero-order chi connectivity index (χ0) is 24.8. The third kappa shape index (κ3) is 5.76. The Balaban J connectivity index is 1.49. The fourth-order valence-electron chi connectivity index (χ4n) is 3.47. The normalized spacial score (nSPS) is 11.3. The number of sulfonamides is 1. The van der Waals surface area contributed by atoms with Gasteiger partial charge >= 0.3 is 0 Å². The van der Waals surface area contributed by atoms with E-state index in [-0.39, 0.29) is 23.9 Å². The van der Waals surface area contributed by atoms with Crippen LogP contribution in [0.5, 0.6) is 5.75 Å². The Kier molecular flexibility index (Phi) is 7.28. The molecule has 180 valence electrons. The Morgan fingerprint density at radius 1 is 0.943 bits per heavy atom. The molecule has 9 heteroatoms. The molecule has 3 aromatic carbocycles. The molecule has 0 bridgehead atoms. The highest BCUT2D eigenvalue weighted by molar-refractivity contribution is 7.89. The number of hydrogen-bond acceptors (Lipinski definition) is 5. The van der Waals surface area contributed by atoms with Crippen LogP contribution in [0, 0.1) is 6.92 Å². The van der Waals surface area contributed by atoms with Crippen LogP contribution in [0.1, 0.15) is 15.9 Å². The number of hydrogen-bond donors (Lipinski definition) is 2. The van der Waals surface area contributed by atoms with E-state index in [2.05, 4.69) is 15.1 Å². The van der Waals surface area contributed by atoms with Crippen molar-refractivity contribution in [1.29, 1.82) is 0 Å². The zero-order valence-corrected chi connectivity index (χ0v) is 20.2. The predicted molar refractivity (Wildman–Crippen MR) is 134 cm³/mol. The molecule has 0 aliphatic carbocycles. The molecular formula is C26H26N4O4S. The van der Waals surface area contributed by atoms with Crippen molar-refractivity contribution in [3.8, 4) is 22.7 Å². The minimum atomic E-state index is -3.66. The second-order valence-electron chi connectivity index (χ2n) is 7.87. The average molecular weight is 491 g/mol. The smallest absolute Gasteiger partial charge is 0.255 e. The Labute approximate surface area is 204 Å². The summed E-state index contributed by atoms with van der Waals surface area (Å²) >= 11 is 0. The van der Waals surface area contributed by atoms with Crippen LogP contribution in [-0.2, 0) is 10.0 Å². The van der Waals surface area contributed by atoms with Crippen molar-refractivity contribution in [1.82, 2.24) is 19.8 Å². The Morgan fingerprint density at radius 3 is 2.29 bits per heavy atom. The van der Waals surface area contributed by atoms with Gasteiger partial charge in [-0.3, -0.25) is 4.79 Å². The first kappa shape index (κ1) is 24.2. The lowest BCUT2D eigenvalue weighted by atomic mass is 10.1. The molecule has 0 aliphatic rings. The van der Waals surface area contributed by atoms with Crippen molar-refractivity contribution in [2.24, 2.45) is 0 Å². The highest BCUT2D eigenvalue weighted by Crippen LogP contribution is 2.26. The highest BCUT2D eigenvalue weighted by atomic mass is 32.2. The molecule has 2 N–H and O–H groups in total. The SMILES string of the molecule is COc1ccc(-c2nn(-c3ccccc3)cc2C(=O)NCCNS(=O)(=O)c2ccc(C)cc2)cc1. The third-order valence-electron chi connectivity index (χ3n) is 5.38. The largest absolute Gasteiger partial charge is 0.497 e. The Hall–Kier alpha value is -3.95. The lowest BCUT2D eigenvalue weighted by Crippen LogP contribution is -2.34. The molecule has 0 spiro atoms. The van der Waals surface area contributed by atoms with Gasteiger partial charge < -0.3 is 10.1 Å². The van der Waals surface area contributed by atoms with Gasteiger partial charge in [-0.2, -0.15) is 5.10 Å². The number of benzene rings is 3. The van der Waals surface area contributed by atoms with Crippen LogP contribution in [-0.4, -0.2) is 44.3 Å². The first-order valence-electron chi connectivity index (χ1n) is 11.0. The minimum absolute atomic E-state index is 0.0483. The topological polar surface area (TPSA) is 102 Å². The third-order valence-corrected chi connectivity index (χ3v) is 6.85. The number of methoxy groups -OCH3 is 1. The number of ether oxygens (including phenoxy) is 1. The maximum Gasteiger partial charge on any atom is 0.255 e. The van der Waals surface area contributed by atoms with E-state index < -0.39 is 10.0 Å². The maximum atomic E-state index is 13.1. The summed E-state index contributed by atoms with van der Waals surface area (Å²) < 4.78 is 34.3. The lowest BCUT2D eigenvalue weighted by molar-refractivity contribution is 0.0955. The van der Waals surface area contributed by atoms with Crippen molar-refractivity contribution in [2.45, 2.75) is 11.8 Å². The van der Waals surface area contributed by atoms with Crippen molar-refractivity contribution in [3.05, 3.63) is 96.2 Å². The molecule has 0 unspecified atom stereocenters. The summed E-state index contributed by atoms with van der Waals surface area (Å²) in [5.74, 6) is 0.343. The van der Waals surface area contributed by atoms with Gasteiger partial charge in [0.1, 0.15) is 11.4 Å². The zero-order valence-electron chi connectivity index (χ0n) is 19.4. The molecule has 1 aromatic heterocycles. The van der Waals surface area contributed by atoms with Gasteiger partial charge in [0.25, 0.3) is 5.91 Å². The molecule has 35 heavy (non-hydrogen) atoms. The van der Waals surface area contributed by atoms with E-state index in [1.807, 2.05) is 49.4 Å². The second kappa shape index (κ2) is 10.5. The first-order valence-corrected chi connectivity index (χ1v) is 12.5. The van der Waals surface area contributed by atoms with Crippen LogP contribution in [0.2, 0.25) is 0 Å². The molecule has 0 saturated heterocycles. The van der Waals surface area contributed by atoms with Gasteiger partial charge in [0.2, 0.25) is 10.0 Å². The van der Waals surface area contributed by atoms with Crippen LogP contribution in [0.25, 0.3) is 16.9 Å². The molecule has 0 fully saturated rings. The number of rotatable bonds is 9. The molecule has 0 radical (unpaired) electrons. The maximum absolute atomic E-state index is 13.1. The monoisotopic (exact) mass is 490 g/mol. The van der Waals surface area contributed by atoms with Gasteiger partial charge in [-0.1, -0.05) is 35.9 Å². The summed E-state index contributed by atoms with van der Waals surface area (Å²) in [5.41, 5.74) is 3.42. The van der Waals surface area contributed by atoms with Crippen LogP contribution in [0.15, 0.2) is 90.0 Å². The van der Waals surface area contributed by atoms with Gasteiger partial charge in [0.05, 0.1) is 23.3 Å². The number of para-hydroxylation sites is 1. The number of carbonyl (C=O) groups is 1. The fraction of sp³-hybridized carbons (Fsp3) is 0.154. The van der Waals surface area contributed by atoms with Crippen LogP contribution >= 0.6 is 0 Å². The molecule has 4 rings (SSSR count). The van der Waals surface area contributed by atoms with E-state index in [1.165, 1.54) is 0 Å². The fourth-order valence-corrected chi connectivity index (χ4v) is 4.50. The molecule has 4 aromatic rings. The van der Waals surface area contributed by atoms with E-state index in [0.29, 0.717) is 17.0 Å². The molecular weight excluding hydrogens is 464 g/mol. The number of aromatic nitrogens is 2. The number of nitrogens with zero attached hydrogens (tertiary/aromatic N) is 2. The van der Waals surface area contributed by atoms with Crippen molar-refractivity contribution in [3.63, 3.8) is 0 Å². The predicted octanol–water partition coefficient (Wildman–Crippen LogP) is 3.56. The number of nitrogens with one attached hydrogen (secondary N) is 2. The van der Waals surface area contributed by atoms with Crippen molar-refractivity contribution < 1.29 is 17.9 Å². The number of aryl methyl sites for hydroxylation is 1. The Bertz CT molecular complexity index is 1400. The summed E-state index contributed by atoms with van der Waals surface area (Å²) in [4.78, 5) is 13.3. The van der Waals surface area contributed by atoms with Crippen LogP contribution in [0.3, 0.4) is 0 Å². The van der Waals surface area contributed by atoms with Gasteiger partial charge in [-0.25, -0.2) is 17.8 Å². The first-order chi connectivity index (χ1) is 16.9. The molecule has 8 nitrogen and oxygen atoms in total. The summed E-state index contributed by atoms with van der Waals surface area (Å²) in [6.45, 7) is 2.05. The number of carbonyl (C=O) groups excluding carboxylic acids is 1. The van der Waals surface area contributed by atoms with Gasteiger partial charge in [0, 0.05) is 24.8 Å². The molecule has 0 atom stereocenters. The summed E-state index contributed by atoms with van der Waals surface area (Å²) in [6.07, 6.45) is 1.67. The molecule has 1 heterocycles. The average Bonchev–Trinajstić information content (AvgIpc) is 3.33. The second-order valence-corrected chi connectivity index (χ2v) is 9.63. The van der Waals surface area contributed by atoms with Gasteiger partial charge in [-0.05, 0) is 55.5 Å². The molecule has 1 amide bonds. The van der Waals surface area contributed by atoms with Crippen molar-refractivity contribution in [2.75, 3.05) is 20.2 Å². The molecule has 0 saturated carbocycles. The molecule has 0 aliphatic heterocycles. The highest BCUT2D eigenvalue weighted by Gasteiger charge is 2.19. The van der Waals surface area contributed by atoms with E-state index in [1.54, 1.807) is 54.4 Å². The Morgan fingerprint density at radius 2 is 1.63 bits per heavy atom. The number of amides is 1. The summed E-state index contributed by atoms with van der Waals surface area (Å²) in [5, 5.41) is 7.43. The van der Waals surface area contributed by atoms with Gasteiger partial charge in [0.15, 0.2) is 0 Å². The summed E-state index contributed by atoms with van der Waals surface area (Å²) in [6, 6.07) is 23.3. The van der Waals surface area contributed by atoms with Crippen LogP contribution in [0.4, 0.5) is 0 Å². The van der Waals surface area contributed by atoms with E-state index in [0.717, 1.165) is 16.8 Å². The summed E-state index contributed by atoms with van der Waals surface area (Å²) in [7, 11) is -2.07.